The highest BCUT2D eigenvalue weighted by atomic mass is 15.3. The minimum Gasteiger partial charge on any atom is -0.262 e. The molecule has 12 aromatic carbocycles. The number of pyridine rings is 6. The Hall–Kier alpha value is -18.6. The molecule has 15 heterocycles. The van der Waals surface area contributed by atoms with Gasteiger partial charge in [-0.15, -0.1) is 0 Å². The van der Waals surface area contributed by atoms with Crippen molar-refractivity contribution >= 4 is 132 Å². The van der Waals surface area contributed by atoms with Crippen LogP contribution in [0.2, 0.25) is 0 Å². The highest BCUT2D eigenvalue weighted by Crippen LogP contribution is 2.55. The molecule has 0 unspecified atom stereocenters. The average molecular weight is 1820 g/mol. The average Bonchev–Trinajstić information content (AvgIpc) is 1.51. The van der Waals surface area contributed by atoms with E-state index in [1.54, 1.807) is 0 Å². The fourth-order valence-electron chi connectivity index (χ4n) is 22.8. The summed E-state index contributed by atoms with van der Waals surface area (Å²) in [5.41, 5.74) is 28.2. The van der Waals surface area contributed by atoms with Crippen molar-refractivity contribution in [3.8, 4) is 103 Å². The van der Waals surface area contributed by atoms with Crippen LogP contribution in [0.25, 0.3) is 235 Å². The lowest BCUT2D eigenvalue weighted by Gasteiger charge is -2.24. The summed E-state index contributed by atoms with van der Waals surface area (Å²) in [5, 5.41) is 12.8. The summed E-state index contributed by atoms with van der Waals surface area (Å²) < 4.78 is 12.3. The number of para-hydroxylation sites is 6. The molecule has 0 amide bonds. The van der Waals surface area contributed by atoms with Crippen molar-refractivity contribution in [1.29, 1.82) is 0 Å². The lowest BCUT2D eigenvalue weighted by Crippen LogP contribution is -2.17. The molecule has 21 heteroatoms. The fraction of sp³-hybridized carbons (Fsp3) is 0.0750. The van der Waals surface area contributed by atoms with Gasteiger partial charge in [-0.05, 0) is 188 Å². The van der Waals surface area contributed by atoms with E-state index in [0.717, 1.165) is 148 Å². The van der Waals surface area contributed by atoms with E-state index in [-0.39, 0.29) is 16.2 Å². The summed E-state index contributed by atoms with van der Waals surface area (Å²) in [5.74, 6) is 4.77. The standard InChI is InChI=1S/3C40H27N7/c1-40(2)31-19-6-3-12-24(31)27-15-9-16-30(34(27)40)35-43-38(46-32-20-7-4-13-25(32)28-17-10-22-41-36(28)46)45-39(44-35)47-33-21-8-5-14-26(33)29-18-11-23-42-37(29)47;1-40(2)31-16-6-3-11-25(31)26-20-19-24(23-32(26)40)35-43-38(46-33-17-7-4-12-27(33)29-14-9-21-41-36(29)46)45-39(44-35)47-34-18-8-5-13-28(34)30-15-10-22-42-37(30)47;1-40(2)31-16-6-3-11-25(31)30-23-24(19-20-32(30)40)35-43-38(46-33-17-7-4-12-26(33)28-14-9-21-41-36(28)46)45-39(44-35)47-34-18-8-5-13-27(34)29-15-10-22-42-37(29)47/h3*3-23H,1-2H3. The van der Waals surface area contributed by atoms with E-state index < -0.39 is 0 Å². The quantitative estimate of drug-likeness (QED) is 0.131. The summed E-state index contributed by atoms with van der Waals surface area (Å²) >= 11 is 0. The first-order valence-electron chi connectivity index (χ1n) is 47.3. The van der Waals surface area contributed by atoms with Crippen LogP contribution in [0.5, 0.6) is 0 Å². The van der Waals surface area contributed by atoms with Crippen molar-refractivity contribution in [3.63, 3.8) is 0 Å². The van der Waals surface area contributed by atoms with Gasteiger partial charge in [-0.25, -0.2) is 29.9 Å². The Kier molecular flexibility index (Phi) is 17.6. The Morgan fingerprint density at radius 2 is 0.411 bits per heavy atom. The predicted molar refractivity (Wildman–Crippen MR) is 561 cm³/mol. The number of fused-ring (bicyclic) bond motifs is 27. The summed E-state index contributed by atoms with van der Waals surface area (Å²) in [6.07, 6.45) is 10.9. The van der Waals surface area contributed by atoms with E-state index >= 15 is 0 Å². The van der Waals surface area contributed by atoms with Gasteiger partial charge in [-0.3, -0.25) is 27.4 Å². The Balaban J connectivity index is 0.000000104. The summed E-state index contributed by atoms with van der Waals surface area (Å²) in [6, 6.07) is 120. The Bertz CT molecular complexity index is 9270. The summed E-state index contributed by atoms with van der Waals surface area (Å²) in [6.45, 7) is 13.7. The van der Waals surface area contributed by atoms with Gasteiger partial charge in [0.05, 0.1) is 33.1 Å². The fourth-order valence-corrected chi connectivity index (χ4v) is 22.8. The Morgan fingerprint density at radius 3 is 0.759 bits per heavy atom. The van der Waals surface area contributed by atoms with Gasteiger partial charge in [-0.1, -0.05) is 266 Å². The molecule has 0 saturated heterocycles. The molecule has 666 valence electrons. The normalized spacial score (nSPS) is 13.5. The molecule has 0 atom stereocenters. The number of hydrogen-bond donors (Lipinski definition) is 0. The molecular formula is C120H81N21. The molecule has 0 fully saturated rings. The maximum atomic E-state index is 5.29. The monoisotopic (exact) mass is 1820 g/mol. The third-order valence-corrected chi connectivity index (χ3v) is 29.1. The zero-order valence-corrected chi connectivity index (χ0v) is 77.3. The minimum atomic E-state index is -0.252. The molecule has 3 aliphatic rings. The number of aromatic nitrogens is 21. The Labute approximate surface area is 805 Å². The molecule has 0 saturated carbocycles. The number of benzene rings is 12. The van der Waals surface area contributed by atoms with Gasteiger partial charge in [-0.2, -0.15) is 44.9 Å². The second-order valence-corrected chi connectivity index (χ2v) is 37.9. The van der Waals surface area contributed by atoms with Gasteiger partial charge in [0.25, 0.3) is 0 Å². The smallest absolute Gasteiger partial charge is 0.241 e. The molecule has 15 aromatic heterocycles. The number of hydrogen-bond acceptors (Lipinski definition) is 15. The van der Waals surface area contributed by atoms with Crippen molar-refractivity contribution in [1.82, 2.24) is 102 Å². The van der Waals surface area contributed by atoms with Crippen molar-refractivity contribution in [2.75, 3.05) is 0 Å². The van der Waals surface area contributed by atoms with Crippen LogP contribution < -0.4 is 0 Å². The minimum absolute atomic E-state index is 0.0941. The largest absolute Gasteiger partial charge is 0.262 e. The third-order valence-electron chi connectivity index (χ3n) is 29.1. The SMILES string of the molecule is CC1(C)c2ccccc2-c2cc(-c3nc(-n4c5ccccc5c5cccnc54)nc(-n4c5ccccc5c5cccnc54)n3)ccc21.CC1(C)c2ccccc2-c2ccc(-c3nc(-n4c5ccccc5c5cccnc54)nc(-n4c5ccccc5c5cccnc54)n3)cc21.CC1(C)c2ccccc2-c2cccc(-c3nc(-n4c5ccccc5c5cccnc54)nc(-n4c5ccccc5c5cccnc54)n3)c21. The first-order valence-corrected chi connectivity index (χ1v) is 47.3. The predicted octanol–water partition coefficient (Wildman–Crippen LogP) is 26.5. The summed E-state index contributed by atoms with van der Waals surface area (Å²) in [7, 11) is 0. The number of rotatable bonds is 9. The van der Waals surface area contributed by atoms with Crippen molar-refractivity contribution < 1.29 is 0 Å². The lowest BCUT2D eigenvalue weighted by atomic mass is 9.80. The van der Waals surface area contributed by atoms with Crippen LogP contribution in [-0.2, 0) is 16.2 Å². The zero-order valence-electron chi connectivity index (χ0n) is 77.3. The Morgan fingerprint density at radius 1 is 0.170 bits per heavy atom. The van der Waals surface area contributed by atoms with Crippen LogP contribution in [0, 0.1) is 0 Å². The summed E-state index contributed by atoms with van der Waals surface area (Å²) in [4.78, 5) is 76.0. The van der Waals surface area contributed by atoms with Gasteiger partial charge < -0.3 is 0 Å². The molecule has 0 bridgehead atoms. The highest BCUT2D eigenvalue weighted by Gasteiger charge is 2.41. The number of nitrogens with zero attached hydrogens (tertiary/aromatic N) is 21. The van der Waals surface area contributed by atoms with Crippen LogP contribution in [0.3, 0.4) is 0 Å². The zero-order chi connectivity index (χ0) is 93.8. The molecular weight excluding hydrogens is 1740 g/mol. The maximum Gasteiger partial charge on any atom is 0.241 e. The molecule has 0 spiro atoms. The van der Waals surface area contributed by atoms with E-state index in [2.05, 4.69) is 324 Å². The first-order chi connectivity index (χ1) is 69.2. The topological polar surface area (TPSA) is 223 Å². The molecule has 141 heavy (non-hydrogen) atoms. The van der Waals surface area contributed by atoms with Crippen LogP contribution in [-0.4, -0.2) is 102 Å². The third kappa shape index (κ3) is 12.1. The van der Waals surface area contributed by atoms with Crippen LogP contribution in [0.15, 0.2) is 383 Å². The van der Waals surface area contributed by atoms with Crippen LogP contribution >= 0.6 is 0 Å². The molecule has 27 aromatic rings. The first kappa shape index (κ1) is 80.8. The van der Waals surface area contributed by atoms with Crippen molar-refractivity contribution in [2.24, 2.45) is 0 Å². The van der Waals surface area contributed by atoms with E-state index in [1.807, 2.05) is 128 Å². The second kappa shape index (κ2) is 30.7. The van der Waals surface area contributed by atoms with E-state index in [9.17, 15) is 0 Å². The van der Waals surface area contributed by atoms with E-state index in [1.165, 1.54) is 66.8 Å². The van der Waals surface area contributed by atoms with Crippen LogP contribution in [0.4, 0.5) is 0 Å². The van der Waals surface area contributed by atoms with Gasteiger partial charge in [0.1, 0.15) is 33.9 Å². The molecule has 0 aliphatic heterocycles. The highest BCUT2D eigenvalue weighted by molar-refractivity contribution is 6.13. The van der Waals surface area contributed by atoms with Gasteiger partial charge in [0.15, 0.2) is 17.5 Å². The maximum absolute atomic E-state index is 5.29. The van der Waals surface area contributed by atoms with Gasteiger partial charge in [0, 0.05) is 135 Å². The second-order valence-electron chi connectivity index (χ2n) is 37.9. The van der Waals surface area contributed by atoms with Crippen molar-refractivity contribution in [3.05, 3.63) is 416 Å². The molecule has 21 nitrogen and oxygen atoms in total. The molecule has 30 rings (SSSR count). The van der Waals surface area contributed by atoms with Crippen molar-refractivity contribution in [2.45, 2.75) is 57.8 Å². The van der Waals surface area contributed by atoms with E-state index in [4.69, 9.17) is 74.8 Å². The van der Waals surface area contributed by atoms with Gasteiger partial charge >= 0.3 is 0 Å². The lowest BCUT2D eigenvalue weighted by molar-refractivity contribution is 0.660. The van der Waals surface area contributed by atoms with Gasteiger partial charge in [0.2, 0.25) is 35.7 Å². The molecule has 0 N–H and O–H groups in total. The van der Waals surface area contributed by atoms with E-state index in [0.29, 0.717) is 53.2 Å². The van der Waals surface area contributed by atoms with Crippen LogP contribution in [0.1, 0.15) is 74.9 Å². The molecule has 3 aliphatic carbocycles. The molecule has 0 radical (unpaired) electrons.